The minimum absolute atomic E-state index is 0.0420. The lowest BCUT2D eigenvalue weighted by atomic mass is 9.79. The van der Waals surface area contributed by atoms with E-state index < -0.39 is 23.4 Å². The van der Waals surface area contributed by atoms with E-state index in [0.717, 1.165) is 47.5 Å². The highest BCUT2D eigenvalue weighted by Gasteiger charge is 2.31. The molecule has 0 bridgehead atoms. The average Bonchev–Trinajstić information content (AvgIpc) is 2.91. The zero-order chi connectivity index (χ0) is 28.8. The van der Waals surface area contributed by atoms with Crippen LogP contribution < -0.4 is 4.74 Å². The summed E-state index contributed by atoms with van der Waals surface area (Å²) in [5.41, 5.74) is 1.71. The molecule has 2 aromatic carbocycles. The number of nitrogens with zero attached hydrogens (tertiary/aromatic N) is 3. The highest BCUT2D eigenvalue weighted by Crippen LogP contribution is 2.36. The van der Waals surface area contributed by atoms with Crippen molar-refractivity contribution in [3.63, 3.8) is 0 Å². The van der Waals surface area contributed by atoms with Crippen molar-refractivity contribution in [3.05, 3.63) is 71.2 Å². The topological polar surface area (TPSA) is 65.9 Å². The molecule has 40 heavy (non-hydrogen) atoms. The van der Waals surface area contributed by atoms with E-state index in [2.05, 4.69) is 21.7 Å². The first-order valence-corrected chi connectivity index (χ1v) is 13.3. The van der Waals surface area contributed by atoms with Gasteiger partial charge in [-0.25, -0.2) is 13.2 Å². The summed E-state index contributed by atoms with van der Waals surface area (Å²) in [6, 6.07) is 9.34. The molecule has 0 spiro atoms. The highest BCUT2D eigenvalue weighted by molar-refractivity contribution is 5.84. The van der Waals surface area contributed by atoms with Gasteiger partial charge in [0.2, 0.25) is 0 Å². The van der Waals surface area contributed by atoms with E-state index in [1.807, 2.05) is 49.5 Å². The molecule has 1 aliphatic heterocycles. The molecule has 3 atom stereocenters. The predicted octanol–water partition coefficient (Wildman–Crippen LogP) is 5.51. The number of hydrogen-bond acceptors (Lipinski definition) is 5. The number of halogens is 3. The number of fused-ring (bicyclic) bond motifs is 1. The molecule has 0 unspecified atom stereocenters. The van der Waals surface area contributed by atoms with Gasteiger partial charge in [0.15, 0.2) is 11.6 Å². The van der Waals surface area contributed by atoms with Crippen molar-refractivity contribution in [1.82, 2.24) is 14.8 Å². The van der Waals surface area contributed by atoms with Gasteiger partial charge in [-0.1, -0.05) is 11.8 Å². The van der Waals surface area contributed by atoms with Gasteiger partial charge < -0.3 is 14.7 Å². The van der Waals surface area contributed by atoms with Crippen LogP contribution in [0.15, 0.2) is 42.6 Å². The van der Waals surface area contributed by atoms with Crippen molar-refractivity contribution in [2.45, 2.75) is 31.7 Å². The number of pyridine rings is 1. The summed E-state index contributed by atoms with van der Waals surface area (Å²) in [6.07, 6.45) is 4.35. The van der Waals surface area contributed by atoms with Gasteiger partial charge in [0.05, 0.1) is 24.7 Å². The molecule has 1 saturated heterocycles. The number of carboxylic acids is 1. The summed E-state index contributed by atoms with van der Waals surface area (Å²) in [7, 11) is 5.72. The summed E-state index contributed by atoms with van der Waals surface area (Å²) in [5.74, 6) is 2.03. The van der Waals surface area contributed by atoms with Crippen molar-refractivity contribution < 1.29 is 27.8 Å². The van der Waals surface area contributed by atoms with Gasteiger partial charge in [0, 0.05) is 36.7 Å². The normalized spacial score (nSPS) is 18.4. The minimum atomic E-state index is -1.28. The van der Waals surface area contributed by atoms with Crippen LogP contribution in [0.2, 0.25) is 0 Å². The standard InChI is InChI=1S/C31H34F3N3O3/c1-36(2)29(25-10-12-35-28-8-7-24(40-3)18-26(25)28)9-6-20-11-14-37(19-22(20)16-30(38)39)13-4-5-21-15-23(32)17-27(33)31(21)34/h7-8,10,12,15,17-18,20,22,29H,6,9,11,13-14,16,19H2,1-3H3,(H,38,39)/t20-,22+,29-/m1/s1. The fourth-order valence-electron chi connectivity index (χ4n) is 5.66. The van der Waals surface area contributed by atoms with Crippen LogP contribution in [0.4, 0.5) is 13.2 Å². The molecule has 1 aliphatic rings. The summed E-state index contributed by atoms with van der Waals surface area (Å²) < 4.78 is 46.3. The number of carbonyl (C=O) groups is 1. The van der Waals surface area contributed by atoms with Crippen LogP contribution in [-0.2, 0) is 4.79 Å². The van der Waals surface area contributed by atoms with Crippen LogP contribution in [0.3, 0.4) is 0 Å². The van der Waals surface area contributed by atoms with E-state index in [9.17, 15) is 23.1 Å². The summed E-state index contributed by atoms with van der Waals surface area (Å²) in [5, 5.41) is 10.6. The van der Waals surface area contributed by atoms with Crippen molar-refractivity contribution in [2.75, 3.05) is 40.8 Å². The number of ether oxygens (including phenoxy) is 1. The third-order valence-corrected chi connectivity index (χ3v) is 7.71. The molecule has 1 N–H and O–H groups in total. The van der Waals surface area contributed by atoms with E-state index in [-0.39, 0.29) is 36.4 Å². The number of benzene rings is 2. The Bertz CT molecular complexity index is 1420. The Hall–Kier alpha value is -3.61. The molecule has 212 valence electrons. The molecule has 9 heteroatoms. The van der Waals surface area contributed by atoms with Gasteiger partial charge in [0.25, 0.3) is 0 Å². The molecule has 0 aliphatic carbocycles. The van der Waals surface area contributed by atoms with E-state index in [4.69, 9.17) is 4.74 Å². The van der Waals surface area contributed by atoms with Crippen LogP contribution >= 0.6 is 0 Å². The molecule has 1 fully saturated rings. The largest absolute Gasteiger partial charge is 0.497 e. The Morgan fingerprint density at radius 2 is 2.00 bits per heavy atom. The zero-order valence-corrected chi connectivity index (χ0v) is 23.0. The number of carboxylic acid groups (broad SMARTS) is 1. The first-order chi connectivity index (χ1) is 19.2. The number of methoxy groups -OCH3 is 1. The van der Waals surface area contributed by atoms with Gasteiger partial charge in [0.1, 0.15) is 11.6 Å². The quantitative estimate of drug-likeness (QED) is 0.279. The van der Waals surface area contributed by atoms with Crippen molar-refractivity contribution in [2.24, 2.45) is 11.8 Å². The lowest BCUT2D eigenvalue weighted by Gasteiger charge is -2.38. The van der Waals surface area contributed by atoms with Crippen LogP contribution in [0, 0.1) is 41.1 Å². The number of hydrogen-bond donors (Lipinski definition) is 1. The molecule has 1 aromatic heterocycles. The van der Waals surface area contributed by atoms with Gasteiger partial charge in [-0.3, -0.25) is 14.7 Å². The summed E-state index contributed by atoms with van der Waals surface area (Å²) in [6.45, 7) is 1.50. The Balaban J connectivity index is 1.46. The predicted molar refractivity (Wildman–Crippen MR) is 147 cm³/mol. The Morgan fingerprint density at radius 3 is 2.73 bits per heavy atom. The summed E-state index contributed by atoms with van der Waals surface area (Å²) in [4.78, 5) is 20.4. The first-order valence-electron chi connectivity index (χ1n) is 13.3. The van der Waals surface area contributed by atoms with Crippen LogP contribution in [0.25, 0.3) is 10.9 Å². The van der Waals surface area contributed by atoms with E-state index in [1.165, 1.54) is 0 Å². The second kappa shape index (κ2) is 13.2. The second-order valence-corrected chi connectivity index (χ2v) is 10.5. The van der Waals surface area contributed by atoms with Gasteiger partial charge in [-0.2, -0.15) is 0 Å². The maximum absolute atomic E-state index is 13.9. The Labute approximate surface area is 232 Å². The van der Waals surface area contributed by atoms with E-state index in [0.29, 0.717) is 19.2 Å². The van der Waals surface area contributed by atoms with Crippen LogP contribution in [0.5, 0.6) is 5.75 Å². The smallest absolute Gasteiger partial charge is 0.303 e. The minimum Gasteiger partial charge on any atom is -0.497 e. The molecule has 0 amide bonds. The molecule has 6 nitrogen and oxygen atoms in total. The highest BCUT2D eigenvalue weighted by atomic mass is 19.2. The Morgan fingerprint density at radius 1 is 1.20 bits per heavy atom. The zero-order valence-electron chi connectivity index (χ0n) is 23.0. The monoisotopic (exact) mass is 553 g/mol. The Kier molecular flexibility index (Phi) is 9.67. The van der Waals surface area contributed by atoms with Crippen molar-refractivity contribution >= 4 is 16.9 Å². The SMILES string of the molecule is COc1ccc2nccc([C@@H](CC[C@@H]3CCN(CC#Cc4cc(F)cc(F)c4F)C[C@@H]3CC(=O)O)N(C)C)c2c1. The molecule has 3 aromatic rings. The number of piperidine rings is 1. The lowest BCUT2D eigenvalue weighted by Crippen LogP contribution is -2.41. The average molecular weight is 554 g/mol. The fourth-order valence-corrected chi connectivity index (χ4v) is 5.66. The van der Waals surface area contributed by atoms with Crippen molar-refractivity contribution in [1.29, 1.82) is 0 Å². The van der Waals surface area contributed by atoms with Crippen LogP contribution in [0.1, 0.15) is 42.9 Å². The maximum atomic E-state index is 13.9. The van der Waals surface area contributed by atoms with Crippen molar-refractivity contribution in [3.8, 4) is 17.6 Å². The number of rotatable bonds is 9. The molecule has 0 saturated carbocycles. The number of likely N-dealkylation sites (tertiary alicyclic amines) is 1. The molecular weight excluding hydrogens is 519 g/mol. The molecule has 0 radical (unpaired) electrons. The molecular formula is C31H34F3N3O3. The summed E-state index contributed by atoms with van der Waals surface area (Å²) >= 11 is 0. The maximum Gasteiger partial charge on any atom is 0.303 e. The number of aliphatic carboxylic acids is 1. The van der Waals surface area contributed by atoms with E-state index in [1.54, 1.807) is 7.11 Å². The molecule has 4 rings (SSSR count). The van der Waals surface area contributed by atoms with Gasteiger partial charge in [-0.15, -0.1) is 0 Å². The van der Waals surface area contributed by atoms with Crippen LogP contribution in [-0.4, -0.2) is 66.7 Å². The fraction of sp³-hybridized carbons (Fsp3) is 0.419. The van der Waals surface area contributed by atoms with Gasteiger partial charge >= 0.3 is 5.97 Å². The first kappa shape index (κ1) is 29.4. The van der Waals surface area contributed by atoms with Gasteiger partial charge in [-0.05, 0) is 87.6 Å². The number of aromatic nitrogens is 1. The second-order valence-electron chi connectivity index (χ2n) is 10.5. The third kappa shape index (κ3) is 7.12. The van der Waals surface area contributed by atoms with E-state index >= 15 is 0 Å². The lowest BCUT2D eigenvalue weighted by molar-refractivity contribution is -0.139. The third-order valence-electron chi connectivity index (χ3n) is 7.71. The molecule has 2 heterocycles.